The molecule has 1 aliphatic rings. The van der Waals surface area contributed by atoms with E-state index in [2.05, 4.69) is 0 Å². The molecule has 0 unspecified atom stereocenters. The molecule has 0 aliphatic carbocycles. The number of sulfonamides is 1. The maximum atomic E-state index is 12.8. The zero-order valence-electron chi connectivity index (χ0n) is 11.8. The zero-order chi connectivity index (χ0) is 14.9. The largest absolute Gasteiger partial charge is 0.328 e. The zero-order valence-corrected chi connectivity index (χ0v) is 13.4. The number of nitrogens with two attached hydrogens (primary N) is 1. The van der Waals surface area contributed by atoms with Crippen molar-refractivity contribution < 1.29 is 8.42 Å². The molecule has 4 nitrogen and oxygen atoms in total. The Morgan fingerprint density at radius 1 is 1.45 bits per heavy atom. The second-order valence-corrected chi connectivity index (χ2v) is 7.80. The molecule has 0 spiro atoms. The molecule has 2 N–H and O–H groups in total. The highest BCUT2D eigenvalue weighted by molar-refractivity contribution is 7.89. The quantitative estimate of drug-likeness (QED) is 0.931. The molecule has 0 saturated carbocycles. The lowest BCUT2D eigenvalue weighted by Gasteiger charge is -2.34. The molecule has 2 atom stereocenters. The Bertz CT molecular complexity index is 587. The molecule has 1 aromatic carbocycles. The maximum Gasteiger partial charge on any atom is 0.243 e. The van der Waals surface area contributed by atoms with Gasteiger partial charge in [-0.3, -0.25) is 0 Å². The lowest BCUT2D eigenvalue weighted by atomic mass is 9.93. The van der Waals surface area contributed by atoms with E-state index in [1.54, 1.807) is 29.4 Å². The van der Waals surface area contributed by atoms with E-state index >= 15 is 0 Å². The molecule has 6 heteroatoms. The van der Waals surface area contributed by atoms with E-state index in [0.717, 1.165) is 12.8 Å². The van der Waals surface area contributed by atoms with Gasteiger partial charge in [-0.2, -0.15) is 4.31 Å². The van der Waals surface area contributed by atoms with Gasteiger partial charge in [-0.1, -0.05) is 17.7 Å². The molecule has 0 bridgehead atoms. The summed E-state index contributed by atoms with van der Waals surface area (Å²) < 4.78 is 27.1. The molecule has 20 heavy (non-hydrogen) atoms. The maximum absolute atomic E-state index is 12.8. The van der Waals surface area contributed by atoms with E-state index in [4.69, 9.17) is 17.3 Å². The topological polar surface area (TPSA) is 63.4 Å². The minimum Gasteiger partial charge on any atom is -0.328 e. The Labute approximate surface area is 126 Å². The fraction of sp³-hybridized carbons (Fsp3) is 0.571. The third-order valence-electron chi connectivity index (χ3n) is 4.00. The van der Waals surface area contributed by atoms with Crippen LogP contribution >= 0.6 is 11.6 Å². The van der Waals surface area contributed by atoms with Gasteiger partial charge in [0.05, 0.1) is 4.90 Å². The SMILES string of the molecule is Cc1c(Cl)cccc1S(=O)(=O)N1CCC[C@H]([C@H](C)N)C1. The van der Waals surface area contributed by atoms with Gasteiger partial charge < -0.3 is 5.73 Å². The van der Waals surface area contributed by atoms with E-state index in [-0.39, 0.29) is 12.0 Å². The van der Waals surface area contributed by atoms with E-state index in [0.29, 0.717) is 28.6 Å². The number of hydrogen-bond acceptors (Lipinski definition) is 3. The van der Waals surface area contributed by atoms with Crippen LogP contribution in [0.25, 0.3) is 0 Å². The van der Waals surface area contributed by atoms with Crippen LogP contribution in [0.4, 0.5) is 0 Å². The van der Waals surface area contributed by atoms with Crippen molar-refractivity contribution in [2.24, 2.45) is 11.7 Å². The number of hydrogen-bond donors (Lipinski definition) is 1. The van der Waals surface area contributed by atoms with E-state index < -0.39 is 10.0 Å². The van der Waals surface area contributed by atoms with Gasteiger partial charge in [-0.15, -0.1) is 0 Å². The molecule has 0 amide bonds. The lowest BCUT2D eigenvalue weighted by Crippen LogP contribution is -2.45. The van der Waals surface area contributed by atoms with Gasteiger partial charge in [-0.25, -0.2) is 8.42 Å². The van der Waals surface area contributed by atoms with E-state index in [1.807, 2.05) is 6.92 Å². The number of halogens is 1. The third-order valence-corrected chi connectivity index (χ3v) is 6.42. The van der Waals surface area contributed by atoms with Gasteiger partial charge >= 0.3 is 0 Å². The summed E-state index contributed by atoms with van der Waals surface area (Å²) in [6.07, 6.45) is 1.84. The van der Waals surface area contributed by atoms with Gasteiger partial charge in [0.1, 0.15) is 0 Å². The van der Waals surface area contributed by atoms with Crippen LogP contribution in [0.3, 0.4) is 0 Å². The number of rotatable bonds is 3. The van der Waals surface area contributed by atoms with Crippen molar-refractivity contribution >= 4 is 21.6 Å². The Balaban J connectivity index is 2.33. The van der Waals surface area contributed by atoms with Crippen molar-refractivity contribution in [3.63, 3.8) is 0 Å². The molecule has 1 saturated heterocycles. The first kappa shape index (κ1) is 15.8. The molecule has 1 heterocycles. The van der Waals surface area contributed by atoms with Gasteiger partial charge in [0.15, 0.2) is 0 Å². The lowest BCUT2D eigenvalue weighted by molar-refractivity contribution is 0.243. The molecular weight excluding hydrogens is 296 g/mol. The standard InChI is InChI=1S/C14H21ClN2O2S/c1-10-13(15)6-3-7-14(10)20(18,19)17-8-4-5-12(9-17)11(2)16/h3,6-7,11-12H,4-5,8-9,16H2,1-2H3/t11-,12-/m0/s1. The van der Waals surface area contributed by atoms with Crippen LogP contribution in [-0.2, 0) is 10.0 Å². The van der Waals surface area contributed by atoms with Gasteiger partial charge in [0.25, 0.3) is 0 Å². The predicted molar refractivity (Wildman–Crippen MR) is 81.3 cm³/mol. The van der Waals surface area contributed by atoms with Crippen molar-refractivity contribution in [2.45, 2.75) is 37.6 Å². The van der Waals surface area contributed by atoms with Crippen molar-refractivity contribution in [1.82, 2.24) is 4.31 Å². The van der Waals surface area contributed by atoms with Crippen LogP contribution in [-0.4, -0.2) is 31.9 Å². The Morgan fingerprint density at radius 3 is 2.80 bits per heavy atom. The molecule has 1 aliphatic heterocycles. The smallest absolute Gasteiger partial charge is 0.243 e. The van der Waals surface area contributed by atoms with Gasteiger partial charge in [-0.05, 0) is 50.3 Å². The highest BCUT2D eigenvalue weighted by atomic mass is 35.5. The van der Waals surface area contributed by atoms with Gasteiger partial charge in [0, 0.05) is 24.2 Å². The molecule has 1 aromatic rings. The highest BCUT2D eigenvalue weighted by Crippen LogP contribution is 2.29. The summed E-state index contributed by atoms with van der Waals surface area (Å²) in [5.41, 5.74) is 6.53. The Morgan fingerprint density at radius 2 is 2.15 bits per heavy atom. The average Bonchev–Trinajstić information content (AvgIpc) is 2.41. The normalized spacial score (nSPS) is 22.7. The molecule has 1 fully saturated rings. The van der Waals surface area contributed by atoms with Crippen molar-refractivity contribution in [3.05, 3.63) is 28.8 Å². The molecule has 112 valence electrons. The second-order valence-electron chi connectivity index (χ2n) is 5.49. The summed E-state index contributed by atoms with van der Waals surface area (Å²) in [7, 11) is -3.49. The second kappa shape index (κ2) is 6.02. The Hall–Kier alpha value is -0.620. The monoisotopic (exact) mass is 316 g/mol. The fourth-order valence-electron chi connectivity index (χ4n) is 2.63. The first-order valence-corrected chi connectivity index (χ1v) is 8.66. The van der Waals surface area contributed by atoms with Crippen LogP contribution in [0.5, 0.6) is 0 Å². The minimum atomic E-state index is -3.49. The molecule has 0 aromatic heterocycles. The first-order chi connectivity index (χ1) is 9.34. The molecular formula is C14H21ClN2O2S. The number of benzene rings is 1. The number of nitrogens with zero attached hydrogens (tertiary/aromatic N) is 1. The summed E-state index contributed by atoms with van der Waals surface area (Å²) in [6, 6.07) is 5.01. The summed E-state index contributed by atoms with van der Waals surface area (Å²) in [5.74, 6) is 0.220. The predicted octanol–water partition coefficient (Wildman–Crippen LogP) is 2.40. The van der Waals surface area contributed by atoms with E-state index in [1.165, 1.54) is 0 Å². The van der Waals surface area contributed by atoms with Crippen molar-refractivity contribution in [3.8, 4) is 0 Å². The number of piperidine rings is 1. The fourth-order valence-corrected chi connectivity index (χ4v) is 4.64. The van der Waals surface area contributed by atoms with Crippen LogP contribution in [0.15, 0.2) is 23.1 Å². The highest BCUT2D eigenvalue weighted by Gasteiger charge is 2.32. The van der Waals surface area contributed by atoms with Crippen LogP contribution in [0.1, 0.15) is 25.3 Å². The van der Waals surface area contributed by atoms with Crippen LogP contribution < -0.4 is 5.73 Å². The van der Waals surface area contributed by atoms with E-state index in [9.17, 15) is 8.42 Å². The summed E-state index contributed by atoms with van der Waals surface area (Å²) in [6.45, 7) is 4.72. The minimum absolute atomic E-state index is 0.00783. The average molecular weight is 317 g/mol. The van der Waals surface area contributed by atoms with Crippen LogP contribution in [0.2, 0.25) is 5.02 Å². The van der Waals surface area contributed by atoms with Crippen molar-refractivity contribution in [2.75, 3.05) is 13.1 Å². The van der Waals surface area contributed by atoms with Gasteiger partial charge in [0.2, 0.25) is 10.0 Å². The molecule has 2 rings (SSSR count). The third kappa shape index (κ3) is 3.01. The van der Waals surface area contributed by atoms with Crippen molar-refractivity contribution in [1.29, 1.82) is 0 Å². The molecule has 0 radical (unpaired) electrons. The summed E-state index contributed by atoms with van der Waals surface area (Å²) in [5, 5.41) is 0.479. The summed E-state index contributed by atoms with van der Waals surface area (Å²) in [4.78, 5) is 0.301. The first-order valence-electron chi connectivity index (χ1n) is 6.85. The Kier molecular flexibility index (Phi) is 4.74. The summed E-state index contributed by atoms with van der Waals surface area (Å²) >= 11 is 6.03. The van der Waals surface area contributed by atoms with Crippen LogP contribution in [0, 0.1) is 12.8 Å².